The summed E-state index contributed by atoms with van der Waals surface area (Å²) in [5.74, 6) is -0.288. The van der Waals surface area contributed by atoms with Crippen LogP contribution in [0.4, 0.5) is 0 Å². The van der Waals surface area contributed by atoms with Crippen LogP contribution >= 0.6 is 0 Å². The highest BCUT2D eigenvalue weighted by atomic mass is 16.8. The third-order valence-electron chi connectivity index (χ3n) is 21.8. The number of carbonyl (C=O) groups excluding carboxylic acids is 1. The monoisotopic (exact) mass is 1570 g/mol. The Balaban J connectivity index is 1.35. The molecule has 3 heterocycles. The van der Waals surface area contributed by atoms with Crippen molar-refractivity contribution < 1.29 is 89.4 Å². The molecule has 0 aromatic rings. The van der Waals surface area contributed by atoms with E-state index in [0.29, 0.717) is 12.8 Å². The van der Waals surface area contributed by atoms with Crippen LogP contribution in [0.2, 0.25) is 0 Å². The van der Waals surface area contributed by atoms with Crippen LogP contribution < -0.4 is 5.32 Å². The van der Waals surface area contributed by atoms with Gasteiger partial charge in [0.2, 0.25) is 5.91 Å². The first-order chi connectivity index (χ1) is 54.3. The van der Waals surface area contributed by atoms with E-state index in [1.165, 1.54) is 238 Å². The highest BCUT2D eigenvalue weighted by molar-refractivity contribution is 5.76. The topological polar surface area (TPSA) is 307 Å². The first kappa shape index (κ1) is 102. The van der Waals surface area contributed by atoms with Gasteiger partial charge in [-0.3, -0.25) is 4.79 Å². The minimum Gasteiger partial charge on any atom is -0.394 e. The van der Waals surface area contributed by atoms with Gasteiger partial charge in [0.05, 0.1) is 38.6 Å². The highest BCUT2D eigenvalue weighted by Crippen LogP contribution is 2.33. The smallest absolute Gasteiger partial charge is 0.220 e. The molecule has 0 spiro atoms. The summed E-state index contributed by atoms with van der Waals surface area (Å²) in [7, 11) is 0. The molecule has 3 aliphatic rings. The number of aliphatic hydroxyl groups is 11. The lowest BCUT2D eigenvalue weighted by Crippen LogP contribution is -2.66. The number of unbranched alkanes of at least 4 members (excludes halogenated alkanes) is 42. The number of hydrogen-bond donors (Lipinski definition) is 12. The Kier molecular flexibility index (Phi) is 65.1. The summed E-state index contributed by atoms with van der Waals surface area (Å²) in [6, 6.07) is -1.00. The molecular formula is C92H163NO18. The van der Waals surface area contributed by atoms with Crippen molar-refractivity contribution in [3.05, 3.63) is 97.2 Å². The molecule has 17 unspecified atom stereocenters. The van der Waals surface area contributed by atoms with Gasteiger partial charge in [0.25, 0.3) is 0 Å². The molecule has 3 rings (SSSR count). The number of aliphatic hydroxyl groups excluding tert-OH is 11. The van der Waals surface area contributed by atoms with Gasteiger partial charge in [0.15, 0.2) is 18.9 Å². The third kappa shape index (κ3) is 49.5. The van der Waals surface area contributed by atoms with Gasteiger partial charge in [-0.2, -0.15) is 0 Å². The minimum atomic E-state index is -1.99. The maximum atomic E-state index is 13.5. The minimum absolute atomic E-state index is 0.229. The Labute approximate surface area is 673 Å². The number of rotatable bonds is 72. The van der Waals surface area contributed by atoms with Gasteiger partial charge >= 0.3 is 0 Å². The summed E-state index contributed by atoms with van der Waals surface area (Å²) in [5.41, 5.74) is 0. The third-order valence-corrected chi connectivity index (χ3v) is 21.8. The van der Waals surface area contributed by atoms with Crippen molar-refractivity contribution in [2.45, 2.75) is 452 Å². The number of amides is 1. The molecule has 0 saturated carbocycles. The van der Waals surface area contributed by atoms with Crippen LogP contribution in [0.1, 0.15) is 348 Å². The summed E-state index contributed by atoms with van der Waals surface area (Å²) >= 11 is 0. The molecule has 17 atom stereocenters. The number of ether oxygens (including phenoxy) is 6. The molecule has 111 heavy (non-hydrogen) atoms. The van der Waals surface area contributed by atoms with E-state index in [1.807, 2.05) is 6.08 Å². The second-order valence-corrected chi connectivity index (χ2v) is 31.7. The quantitative estimate of drug-likeness (QED) is 0.0199. The summed E-state index contributed by atoms with van der Waals surface area (Å²) in [6.45, 7) is 1.64. The van der Waals surface area contributed by atoms with E-state index in [-0.39, 0.29) is 18.9 Å². The van der Waals surface area contributed by atoms with Gasteiger partial charge in [-0.05, 0) is 89.9 Å². The molecule has 0 bridgehead atoms. The second-order valence-electron chi connectivity index (χ2n) is 31.7. The number of carbonyl (C=O) groups is 1. The van der Waals surface area contributed by atoms with Crippen molar-refractivity contribution >= 4 is 5.91 Å². The molecule has 19 nitrogen and oxygen atoms in total. The van der Waals surface area contributed by atoms with Crippen LogP contribution in [0.3, 0.4) is 0 Å². The maximum Gasteiger partial charge on any atom is 0.220 e. The molecule has 3 fully saturated rings. The fraction of sp³-hybridized carbons (Fsp3) is 0.815. The van der Waals surface area contributed by atoms with Gasteiger partial charge in [-0.15, -0.1) is 0 Å². The summed E-state index contributed by atoms with van der Waals surface area (Å²) in [4.78, 5) is 13.5. The predicted octanol–water partition coefficient (Wildman–Crippen LogP) is 17.1. The zero-order chi connectivity index (χ0) is 80.3. The van der Waals surface area contributed by atoms with E-state index in [1.54, 1.807) is 6.08 Å². The molecule has 1 amide bonds. The molecule has 3 saturated heterocycles. The van der Waals surface area contributed by atoms with E-state index < -0.39 is 124 Å². The first-order valence-corrected chi connectivity index (χ1v) is 45.0. The fourth-order valence-corrected chi connectivity index (χ4v) is 14.7. The van der Waals surface area contributed by atoms with E-state index in [4.69, 9.17) is 28.4 Å². The van der Waals surface area contributed by atoms with Crippen molar-refractivity contribution in [3.63, 3.8) is 0 Å². The van der Waals surface area contributed by atoms with Gasteiger partial charge < -0.3 is 89.9 Å². The van der Waals surface area contributed by atoms with Gasteiger partial charge in [0.1, 0.15) is 73.2 Å². The second kappa shape index (κ2) is 70.9. The standard InChI is InChI=1S/C92H163NO18/c1-3-5-7-9-11-13-15-17-19-21-23-25-27-29-31-33-35-37-39-41-43-45-47-49-51-53-55-57-59-61-63-65-67-69-76(97)75(74-106-90-86(104)83(101)88(78(72-95)108-90)111-92-87(105)84(102)89(79(73-96)109-92)110-91-85(103)82(100)81(99)77(71-94)107-91)93-80(98)70-68-66-64-62-60-58-56-54-52-50-48-46-44-42-40-38-36-34-32-30-28-26-24-22-20-18-16-14-12-10-8-6-4-2/h6,8,12,14,18,20,24,26,30,32,51,53,59,61,67,69,75-79,81-92,94-97,99-105H,3-5,7,9-11,13,15-17,19,21-23,25,27-29,31,33-50,52,54-58,60,62-66,68,70-74H2,1-2H3,(H,93,98)/b8-6-,14-12-,20-18-,26-24-,32-30-,53-51+,61-59+,69-67+. The van der Waals surface area contributed by atoms with E-state index in [9.17, 15) is 61.0 Å². The van der Waals surface area contributed by atoms with Gasteiger partial charge in [0, 0.05) is 6.42 Å². The molecule has 0 aromatic heterocycles. The number of hydrogen-bond acceptors (Lipinski definition) is 18. The Morgan fingerprint density at radius 1 is 0.333 bits per heavy atom. The molecule has 3 aliphatic heterocycles. The van der Waals surface area contributed by atoms with Gasteiger partial charge in [-0.25, -0.2) is 0 Å². The molecule has 0 aromatic carbocycles. The van der Waals surface area contributed by atoms with E-state index in [0.717, 1.165) is 77.0 Å². The Bertz CT molecular complexity index is 2380. The number of allylic oxidation sites excluding steroid dienone is 15. The average molecular weight is 1570 g/mol. The van der Waals surface area contributed by atoms with Crippen molar-refractivity contribution in [1.82, 2.24) is 5.32 Å². The van der Waals surface area contributed by atoms with Crippen molar-refractivity contribution in [2.75, 3.05) is 26.4 Å². The van der Waals surface area contributed by atoms with Crippen LogP contribution in [0, 0.1) is 0 Å². The van der Waals surface area contributed by atoms with Crippen LogP contribution in [0.5, 0.6) is 0 Å². The summed E-state index contributed by atoms with van der Waals surface area (Å²) < 4.78 is 34.5. The molecule has 0 aliphatic carbocycles. The SMILES string of the molecule is CC/C=C\C/C=C\C/C=C\C/C=C\C/C=C\CCCCCCCCCCCCCCCCCCCC(=O)NC(COC1OC(CO)C(OC2OC(CO)C(OC3OC(CO)C(O)C(O)C3O)C(O)C2O)C(O)C1O)C(O)/C=C/CC/C=C/CC/C=C/CCCCCCCCCCCCCCCCCCCCCCCCC. The Morgan fingerprint density at radius 2 is 0.631 bits per heavy atom. The molecule has 19 heteroatoms. The maximum absolute atomic E-state index is 13.5. The zero-order valence-electron chi connectivity index (χ0n) is 69.4. The predicted molar refractivity (Wildman–Crippen MR) is 447 cm³/mol. The fourth-order valence-electron chi connectivity index (χ4n) is 14.7. The molecule has 644 valence electrons. The van der Waals surface area contributed by atoms with Crippen LogP contribution in [0.15, 0.2) is 97.2 Å². The molecule has 12 N–H and O–H groups in total. The van der Waals surface area contributed by atoms with Crippen molar-refractivity contribution in [1.29, 1.82) is 0 Å². The average Bonchev–Trinajstić information content (AvgIpc) is 0.780. The van der Waals surface area contributed by atoms with Crippen molar-refractivity contribution in [2.24, 2.45) is 0 Å². The van der Waals surface area contributed by atoms with Crippen molar-refractivity contribution in [3.8, 4) is 0 Å². The summed E-state index contributed by atoms with van der Waals surface area (Å²) in [6.07, 6.45) is 71.3. The lowest BCUT2D eigenvalue weighted by Gasteiger charge is -2.48. The summed E-state index contributed by atoms with van der Waals surface area (Å²) in [5, 5.41) is 121. The lowest BCUT2D eigenvalue weighted by atomic mass is 9.96. The normalized spacial score (nSPS) is 25.5. The molecular weight excluding hydrogens is 1410 g/mol. The van der Waals surface area contributed by atoms with E-state index in [2.05, 4.69) is 104 Å². The van der Waals surface area contributed by atoms with Crippen LogP contribution in [0.25, 0.3) is 0 Å². The largest absolute Gasteiger partial charge is 0.394 e. The van der Waals surface area contributed by atoms with E-state index >= 15 is 0 Å². The highest BCUT2D eigenvalue weighted by Gasteiger charge is 2.54. The van der Waals surface area contributed by atoms with Crippen LogP contribution in [-0.2, 0) is 33.2 Å². The number of nitrogens with one attached hydrogen (secondary N) is 1. The first-order valence-electron chi connectivity index (χ1n) is 45.0. The Hall–Kier alpha value is -3.29. The molecule has 0 radical (unpaired) electrons. The zero-order valence-corrected chi connectivity index (χ0v) is 69.4. The van der Waals surface area contributed by atoms with Gasteiger partial charge in [-0.1, -0.05) is 349 Å². The van der Waals surface area contributed by atoms with Crippen LogP contribution in [-0.4, -0.2) is 193 Å². The Morgan fingerprint density at radius 3 is 1.01 bits per heavy atom. The lowest BCUT2D eigenvalue weighted by molar-refractivity contribution is -0.379.